The Hall–Kier alpha value is -3.06. The number of carboxylic acids is 1. The summed E-state index contributed by atoms with van der Waals surface area (Å²) >= 11 is 12.5. The Bertz CT molecular complexity index is 1510. The molecule has 1 saturated heterocycles. The van der Waals surface area contributed by atoms with Crippen molar-refractivity contribution >= 4 is 35.1 Å². The second kappa shape index (κ2) is 12.7. The Balaban J connectivity index is 1.52. The minimum Gasteiger partial charge on any atom is -0.487 e. The Labute approximate surface area is 270 Å². The highest BCUT2D eigenvalue weighted by Gasteiger charge is 2.52. The molecule has 0 bridgehead atoms. The molecule has 0 aliphatic carbocycles. The molecule has 5 rings (SSSR count). The fourth-order valence-corrected chi connectivity index (χ4v) is 6.78. The molecule has 2 aliphatic heterocycles. The van der Waals surface area contributed by atoms with Gasteiger partial charge >= 0.3 is 5.97 Å². The smallest absolute Gasteiger partial charge is 0.305 e. The number of fused-ring (bicyclic) bond motifs is 3. The first kappa shape index (κ1) is 32.3. The Kier molecular flexibility index (Phi) is 9.36. The molecule has 3 aromatic rings. The van der Waals surface area contributed by atoms with Crippen molar-refractivity contribution in [3.05, 3.63) is 99.0 Å². The van der Waals surface area contributed by atoms with E-state index < -0.39 is 23.6 Å². The highest BCUT2D eigenvalue weighted by Crippen LogP contribution is 2.53. The minimum atomic E-state index is -0.956. The van der Waals surface area contributed by atoms with Crippen LogP contribution in [0.3, 0.4) is 0 Å². The van der Waals surface area contributed by atoms with Gasteiger partial charge in [-0.1, -0.05) is 80.4 Å². The highest BCUT2D eigenvalue weighted by molar-refractivity contribution is 6.30. The molecule has 3 aromatic carbocycles. The van der Waals surface area contributed by atoms with Crippen LogP contribution in [0, 0.1) is 11.8 Å². The normalized spacial score (nSPS) is 22.3. The van der Waals surface area contributed by atoms with Gasteiger partial charge in [-0.05, 0) is 79.1 Å². The second-order valence-electron chi connectivity index (χ2n) is 13.6. The summed E-state index contributed by atoms with van der Waals surface area (Å²) in [6.45, 7) is 11.0. The molecule has 0 saturated carbocycles. The lowest BCUT2D eigenvalue weighted by Crippen LogP contribution is -2.54. The summed E-state index contributed by atoms with van der Waals surface area (Å²) in [6, 6.07) is 21.3. The average molecular weight is 639 g/mol. The van der Waals surface area contributed by atoms with Gasteiger partial charge in [0.25, 0.3) is 0 Å². The molecule has 0 radical (unpaired) electrons. The van der Waals surface area contributed by atoms with Gasteiger partial charge in [-0.3, -0.25) is 9.59 Å². The molecule has 1 fully saturated rings. The third-order valence-electron chi connectivity index (χ3n) is 8.93. The van der Waals surface area contributed by atoms with Crippen LogP contribution in [0.25, 0.3) is 0 Å². The standard InChI is InChI=1S/C36H41Cl2NO5/c1-35(2,3)24-11-14-27-31(19-24)44-36(4,5)29-20-28(30(43-33(27)29)18-23-7-6-8-26(38)17-23)34(42)39(16-15-32(40)41)21-22-9-12-25(37)13-10-22/h6-14,17,19,28-30,33H,15-16,18,20-21H2,1-5H3,(H,40,41)/t28-,29-,30-,33+/m1/s1. The zero-order valence-corrected chi connectivity index (χ0v) is 27.5. The van der Waals surface area contributed by atoms with Crippen LogP contribution in [-0.2, 0) is 32.7 Å². The van der Waals surface area contributed by atoms with Gasteiger partial charge in [0.05, 0.1) is 24.5 Å². The molecule has 2 aliphatic rings. The number of aliphatic carboxylic acids is 1. The number of amides is 1. The van der Waals surface area contributed by atoms with Crippen molar-refractivity contribution in [3.8, 4) is 5.75 Å². The fraction of sp³-hybridized carbons (Fsp3) is 0.444. The van der Waals surface area contributed by atoms with Crippen LogP contribution < -0.4 is 4.74 Å². The molecule has 6 nitrogen and oxygen atoms in total. The lowest BCUT2D eigenvalue weighted by molar-refractivity contribution is -0.184. The highest BCUT2D eigenvalue weighted by atomic mass is 35.5. The number of carbonyl (C=O) groups is 2. The summed E-state index contributed by atoms with van der Waals surface area (Å²) in [5, 5.41) is 10.7. The summed E-state index contributed by atoms with van der Waals surface area (Å²) in [6.07, 6.45) is 0.149. The molecule has 0 unspecified atom stereocenters. The first-order chi connectivity index (χ1) is 20.7. The predicted octanol–water partition coefficient (Wildman–Crippen LogP) is 8.27. The van der Waals surface area contributed by atoms with E-state index in [1.54, 1.807) is 17.0 Å². The summed E-state index contributed by atoms with van der Waals surface area (Å²) in [4.78, 5) is 27.7. The van der Waals surface area contributed by atoms with Crippen LogP contribution in [0.1, 0.15) is 75.8 Å². The van der Waals surface area contributed by atoms with Gasteiger partial charge < -0.3 is 19.5 Å². The van der Waals surface area contributed by atoms with Crippen molar-refractivity contribution in [2.24, 2.45) is 11.8 Å². The molecule has 0 aromatic heterocycles. The first-order valence-corrected chi connectivity index (χ1v) is 16.0. The number of carboxylic acid groups (broad SMARTS) is 1. The van der Waals surface area contributed by atoms with E-state index in [2.05, 4.69) is 52.8 Å². The number of hydrogen-bond acceptors (Lipinski definition) is 4. The van der Waals surface area contributed by atoms with E-state index in [0.717, 1.165) is 22.4 Å². The summed E-state index contributed by atoms with van der Waals surface area (Å²) in [7, 11) is 0. The fourth-order valence-electron chi connectivity index (χ4n) is 6.44. The quantitative estimate of drug-likeness (QED) is 0.269. The van der Waals surface area contributed by atoms with Crippen LogP contribution in [-0.4, -0.2) is 40.1 Å². The average Bonchev–Trinajstić information content (AvgIpc) is 2.94. The Morgan fingerprint density at radius 2 is 1.70 bits per heavy atom. The summed E-state index contributed by atoms with van der Waals surface area (Å²) in [5.41, 5.74) is 3.38. The summed E-state index contributed by atoms with van der Waals surface area (Å²) in [5.74, 6) is -0.883. The van der Waals surface area contributed by atoms with Crippen molar-refractivity contribution in [3.63, 3.8) is 0 Å². The molecule has 0 spiro atoms. The molecule has 4 atom stereocenters. The molecule has 2 heterocycles. The maximum absolute atomic E-state index is 14.5. The van der Waals surface area contributed by atoms with Gasteiger partial charge in [0, 0.05) is 34.6 Å². The van der Waals surface area contributed by atoms with Gasteiger partial charge in [-0.25, -0.2) is 0 Å². The van der Waals surface area contributed by atoms with E-state index >= 15 is 0 Å². The van der Waals surface area contributed by atoms with Crippen molar-refractivity contribution < 1.29 is 24.2 Å². The molecule has 1 N–H and O–H groups in total. The van der Waals surface area contributed by atoms with Gasteiger partial charge in [-0.15, -0.1) is 0 Å². The van der Waals surface area contributed by atoms with Crippen LogP contribution in [0.5, 0.6) is 5.75 Å². The van der Waals surface area contributed by atoms with E-state index in [1.807, 2.05) is 36.4 Å². The van der Waals surface area contributed by atoms with Crippen molar-refractivity contribution in [1.82, 2.24) is 4.90 Å². The lowest BCUT2D eigenvalue weighted by atomic mass is 9.70. The number of benzene rings is 3. The number of halogens is 2. The van der Waals surface area contributed by atoms with Gasteiger partial charge in [0.15, 0.2) is 0 Å². The van der Waals surface area contributed by atoms with Gasteiger partial charge in [0.2, 0.25) is 5.91 Å². The zero-order chi connectivity index (χ0) is 31.8. The third-order valence-corrected chi connectivity index (χ3v) is 9.42. The molecule has 1 amide bonds. The van der Waals surface area contributed by atoms with Crippen LogP contribution in [0.4, 0.5) is 0 Å². The lowest BCUT2D eigenvalue weighted by Gasteiger charge is -2.51. The SMILES string of the molecule is CC(C)(C)c1ccc2c(c1)OC(C)(C)[C@@H]1C[C@@H](C(=O)N(CCC(=O)O)Cc3ccc(Cl)cc3)[C@@H](Cc3cccc(Cl)c3)O[C@@H]21. The zero-order valence-electron chi connectivity index (χ0n) is 26.0. The van der Waals surface area contributed by atoms with E-state index in [9.17, 15) is 14.7 Å². The Morgan fingerprint density at radius 3 is 2.36 bits per heavy atom. The number of hydrogen-bond donors (Lipinski definition) is 1. The van der Waals surface area contributed by atoms with E-state index in [0.29, 0.717) is 22.9 Å². The molecule has 8 heteroatoms. The minimum absolute atomic E-state index is 0.0388. The van der Waals surface area contributed by atoms with Crippen LogP contribution >= 0.6 is 23.2 Å². The number of nitrogens with zero attached hydrogens (tertiary/aromatic N) is 1. The number of carbonyl (C=O) groups excluding carboxylic acids is 1. The monoisotopic (exact) mass is 637 g/mol. The predicted molar refractivity (Wildman–Crippen MR) is 173 cm³/mol. The molecular weight excluding hydrogens is 597 g/mol. The van der Waals surface area contributed by atoms with Gasteiger partial charge in [-0.2, -0.15) is 0 Å². The van der Waals surface area contributed by atoms with Crippen LogP contribution in [0.2, 0.25) is 10.0 Å². The van der Waals surface area contributed by atoms with Crippen molar-refractivity contribution in [2.45, 2.75) is 83.6 Å². The van der Waals surface area contributed by atoms with Crippen LogP contribution in [0.15, 0.2) is 66.7 Å². The molecule has 234 valence electrons. The first-order valence-electron chi connectivity index (χ1n) is 15.2. The largest absolute Gasteiger partial charge is 0.487 e. The van der Waals surface area contributed by atoms with Crippen molar-refractivity contribution in [2.75, 3.05) is 6.54 Å². The summed E-state index contributed by atoms with van der Waals surface area (Å²) < 4.78 is 13.6. The molecule has 44 heavy (non-hydrogen) atoms. The molecular formula is C36H41Cl2NO5. The van der Waals surface area contributed by atoms with Crippen molar-refractivity contribution in [1.29, 1.82) is 0 Å². The van der Waals surface area contributed by atoms with Gasteiger partial charge in [0.1, 0.15) is 11.4 Å². The number of rotatable bonds is 8. The van der Waals surface area contributed by atoms with E-state index in [4.69, 9.17) is 32.7 Å². The maximum atomic E-state index is 14.5. The second-order valence-corrected chi connectivity index (χ2v) is 14.5. The topological polar surface area (TPSA) is 76.1 Å². The maximum Gasteiger partial charge on any atom is 0.305 e. The third kappa shape index (κ3) is 7.25. The number of ether oxygens (including phenoxy) is 2. The van der Waals surface area contributed by atoms with E-state index in [-0.39, 0.29) is 42.9 Å². The Morgan fingerprint density at radius 1 is 0.977 bits per heavy atom. The van der Waals surface area contributed by atoms with E-state index in [1.165, 1.54) is 5.56 Å².